The first-order chi connectivity index (χ1) is 11.3. The molecule has 0 unspecified atom stereocenters. The number of hydrogen-bond acceptors (Lipinski definition) is 4. The second kappa shape index (κ2) is 6.45. The van der Waals surface area contributed by atoms with Crippen molar-refractivity contribution in [3.05, 3.63) is 36.2 Å². The minimum atomic E-state index is 0.199. The molecule has 1 N–H and O–H groups in total. The summed E-state index contributed by atoms with van der Waals surface area (Å²) in [7, 11) is 2.00. The minimum absolute atomic E-state index is 0.199. The van der Waals surface area contributed by atoms with Crippen molar-refractivity contribution in [1.82, 2.24) is 24.6 Å². The normalized spacial score (nSPS) is 26.8. The van der Waals surface area contributed by atoms with Crippen LogP contribution in [-0.2, 0) is 11.8 Å². The highest BCUT2D eigenvalue weighted by Gasteiger charge is 2.34. The number of imidazole rings is 1. The van der Waals surface area contributed by atoms with Crippen molar-refractivity contribution in [2.45, 2.75) is 31.3 Å². The van der Waals surface area contributed by atoms with Gasteiger partial charge in [0, 0.05) is 50.6 Å². The summed E-state index contributed by atoms with van der Waals surface area (Å²) in [4.78, 5) is 10.3. The van der Waals surface area contributed by atoms with E-state index in [0.29, 0.717) is 11.8 Å². The van der Waals surface area contributed by atoms with Crippen LogP contribution in [0.4, 0.5) is 0 Å². The fourth-order valence-electron chi connectivity index (χ4n) is 4.03. The lowest BCUT2D eigenvalue weighted by atomic mass is 9.93. The maximum atomic E-state index is 6.01. The van der Waals surface area contributed by atoms with Gasteiger partial charge in [0.1, 0.15) is 11.9 Å². The molecule has 0 aromatic carbocycles. The molecule has 6 heteroatoms. The fraction of sp³-hybridized carbons (Fsp3) is 0.647. The van der Waals surface area contributed by atoms with Crippen LogP contribution in [0.25, 0.3) is 0 Å². The van der Waals surface area contributed by atoms with Crippen molar-refractivity contribution in [3.8, 4) is 0 Å². The van der Waals surface area contributed by atoms with E-state index in [1.54, 1.807) is 0 Å². The highest BCUT2D eigenvalue weighted by atomic mass is 16.5. The number of aryl methyl sites for hydroxylation is 1. The van der Waals surface area contributed by atoms with Crippen molar-refractivity contribution >= 4 is 0 Å². The lowest BCUT2D eigenvalue weighted by Crippen LogP contribution is -2.37. The van der Waals surface area contributed by atoms with E-state index in [-0.39, 0.29) is 6.10 Å². The average molecular weight is 315 g/mol. The van der Waals surface area contributed by atoms with E-state index >= 15 is 0 Å². The van der Waals surface area contributed by atoms with Crippen LogP contribution in [0.1, 0.15) is 42.8 Å². The zero-order valence-electron chi connectivity index (χ0n) is 13.7. The van der Waals surface area contributed by atoms with E-state index in [1.165, 1.54) is 18.5 Å². The zero-order chi connectivity index (χ0) is 15.6. The Hall–Kier alpha value is -1.66. The van der Waals surface area contributed by atoms with Crippen LogP contribution in [0.5, 0.6) is 0 Å². The van der Waals surface area contributed by atoms with E-state index in [1.807, 2.05) is 30.3 Å². The molecule has 2 aliphatic heterocycles. The third-order valence-electron chi connectivity index (χ3n) is 5.35. The maximum absolute atomic E-state index is 6.01. The van der Waals surface area contributed by atoms with Gasteiger partial charge in [0.05, 0.1) is 5.69 Å². The summed E-state index contributed by atoms with van der Waals surface area (Å²) in [6.07, 6.45) is 9.38. The molecule has 0 amide bonds. The van der Waals surface area contributed by atoms with Gasteiger partial charge in [0.25, 0.3) is 0 Å². The Labute approximate surface area is 136 Å². The van der Waals surface area contributed by atoms with Crippen LogP contribution in [0.3, 0.4) is 0 Å². The second-order valence-corrected chi connectivity index (χ2v) is 6.77. The predicted octanol–water partition coefficient (Wildman–Crippen LogP) is 2.10. The van der Waals surface area contributed by atoms with Gasteiger partial charge in [-0.05, 0) is 38.4 Å². The largest absolute Gasteiger partial charge is 0.372 e. The maximum Gasteiger partial charge on any atom is 0.109 e. The lowest BCUT2D eigenvalue weighted by Gasteiger charge is -2.33. The molecule has 6 nitrogen and oxygen atoms in total. The van der Waals surface area contributed by atoms with Gasteiger partial charge in [-0.1, -0.05) is 0 Å². The van der Waals surface area contributed by atoms with E-state index in [2.05, 4.69) is 26.0 Å². The van der Waals surface area contributed by atoms with Crippen LogP contribution >= 0.6 is 0 Å². The highest BCUT2D eigenvalue weighted by Crippen LogP contribution is 2.36. The first-order valence-electron chi connectivity index (χ1n) is 8.62. The van der Waals surface area contributed by atoms with Gasteiger partial charge >= 0.3 is 0 Å². The first-order valence-corrected chi connectivity index (χ1v) is 8.62. The molecule has 2 atom stereocenters. The Morgan fingerprint density at radius 2 is 2.13 bits per heavy atom. The molecular weight excluding hydrogens is 290 g/mol. The number of ether oxygens (including phenoxy) is 1. The summed E-state index contributed by atoms with van der Waals surface area (Å²) in [5.41, 5.74) is 1.21. The molecule has 4 rings (SSSR count). The molecule has 23 heavy (non-hydrogen) atoms. The molecule has 2 fully saturated rings. The van der Waals surface area contributed by atoms with Crippen LogP contribution in [0.15, 0.2) is 24.7 Å². The number of H-pyrrole nitrogens is 1. The zero-order valence-corrected chi connectivity index (χ0v) is 13.7. The number of rotatable bonds is 4. The number of hydrogen-bond donors (Lipinski definition) is 1. The van der Waals surface area contributed by atoms with E-state index < -0.39 is 0 Å². The molecule has 0 radical (unpaired) electrons. The summed E-state index contributed by atoms with van der Waals surface area (Å²) in [6.45, 7) is 4.30. The molecule has 2 aliphatic rings. The van der Waals surface area contributed by atoms with Crippen molar-refractivity contribution in [1.29, 1.82) is 0 Å². The van der Waals surface area contributed by atoms with Gasteiger partial charge in [-0.15, -0.1) is 0 Å². The van der Waals surface area contributed by atoms with Crippen LogP contribution < -0.4 is 0 Å². The van der Waals surface area contributed by atoms with Crippen LogP contribution in [-0.4, -0.2) is 50.9 Å². The monoisotopic (exact) mass is 315 g/mol. The molecule has 0 saturated carbocycles. The number of aromatic nitrogens is 4. The van der Waals surface area contributed by atoms with E-state index in [4.69, 9.17) is 4.74 Å². The summed E-state index contributed by atoms with van der Waals surface area (Å²) < 4.78 is 7.96. The molecular formula is C17H25N5O. The molecule has 2 aromatic rings. The Balaban J connectivity index is 1.35. The van der Waals surface area contributed by atoms with Gasteiger partial charge < -0.3 is 14.6 Å². The number of aromatic amines is 1. The van der Waals surface area contributed by atoms with Crippen molar-refractivity contribution in [3.63, 3.8) is 0 Å². The fourth-order valence-corrected chi connectivity index (χ4v) is 4.03. The third-order valence-corrected chi connectivity index (χ3v) is 5.35. The van der Waals surface area contributed by atoms with Gasteiger partial charge in [-0.3, -0.25) is 4.68 Å². The summed E-state index contributed by atoms with van der Waals surface area (Å²) >= 11 is 0. The molecule has 0 spiro atoms. The summed E-state index contributed by atoms with van der Waals surface area (Å²) in [5.74, 6) is 2.32. The molecule has 124 valence electrons. The quantitative estimate of drug-likeness (QED) is 0.939. The molecule has 0 bridgehead atoms. The average Bonchev–Trinajstić information content (AvgIpc) is 3.29. The van der Waals surface area contributed by atoms with Gasteiger partial charge in [-0.2, -0.15) is 5.10 Å². The number of nitrogens with zero attached hydrogens (tertiary/aromatic N) is 4. The second-order valence-electron chi connectivity index (χ2n) is 6.77. The van der Waals surface area contributed by atoms with Crippen LogP contribution in [0.2, 0.25) is 0 Å². The Kier molecular flexibility index (Phi) is 4.18. The van der Waals surface area contributed by atoms with Crippen molar-refractivity contribution in [2.24, 2.45) is 13.0 Å². The number of nitrogens with one attached hydrogen (secondary N) is 1. The molecule has 2 aromatic heterocycles. The summed E-state index contributed by atoms with van der Waals surface area (Å²) in [5, 5.41) is 4.29. The Morgan fingerprint density at radius 3 is 2.83 bits per heavy atom. The van der Waals surface area contributed by atoms with E-state index in [9.17, 15) is 0 Å². The topological polar surface area (TPSA) is 59.0 Å². The van der Waals surface area contributed by atoms with Gasteiger partial charge in [0.2, 0.25) is 0 Å². The minimum Gasteiger partial charge on any atom is -0.372 e. The third kappa shape index (κ3) is 3.05. The van der Waals surface area contributed by atoms with Gasteiger partial charge in [0.15, 0.2) is 0 Å². The Bertz CT molecular complexity index is 615. The van der Waals surface area contributed by atoms with E-state index in [0.717, 1.165) is 38.5 Å². The van der Waals surface area contributed by atoms with Gasteiger partial charge in [-0.25, -0.2) is 4.98 Å². The molecule has 0 aliphatic carbocycles. The molecule has 4 heterocycles. The Morgan fingerprint density at radius 1 is 1.26 bits per heavy atom. The van der Waals surface area contributed by atoms with Crippen LogP contribution in [0, 0.1) is 5.92 Å². The van der Waals surface area contributed by atoms with Crippen molar-refractivity contribution < 1.29 is 4.74 Å². The first kappa shape index (κ1) is 14.9. The van der Waals surface area contributed by atoms with Crippen molar-refractivity contribution in [2.75, 3.05) is 26.2 Å². The molecule has 2 saturated heterocycles. The SMILES string of the molecule is Cn1nccc1[C@@H]1OCC[C@H]1CN1CCC(c2ncc[nH]2)CC1. The number of piperidine rings is 1. The summed E-state index contributed by atoms with van der Waals surface area (Å²) in [6, 6.07) is 2.09. The smallest absolute Gasteiger partial charge is 0.109 e. The lowest BCUT2D eigenvalue weighted by molar-refractivity contribution is 0.0678. The number of likely N-dealkylation sites (tertiary alicyclic amines) is 1. The standard InChI is InChI=1S/C17H25N5O/c1-21-15(2-6-20-21)16-14(5-11-23-16)12-22-9-3-13(4-10-22)17-18-7-8-19-17/h2,6-8,13-14,16H,3-5,9-12H2,1H3,(H,18,19)/t14-,16+/m0/s1. The highest BCUT2D eigenvalue weighted by molar-refractivity contribution is 5.08. The predicted molar refractivity (Wildman–Crippen MR) is 87.0 cm³/mol.